The van der Waals surface area contributed by atoms with Crippen molar-refractivity contribution in [3.63, 3.8) is 0 Å². The molecular formula is C9H14BrN3S. The second-order valence-corrected chi connectivity index (χ2v) is 5.15. The summed E-state index contributed by atoms with van der Waals surface area (Å²) in [6.07, 6.45) is 3.90. The van der Waals surface area contributed by atoms with Crippen LogP contribution in [0.1, 0.15) is 19.3 Å². The van der Waals surface area contributed by atoms with E-state index in [9.17, 15) is 0 Å². The van der Waals surface area contributed by atoms with Crippen LogP contribution in [0.3, 0.4) is 0 Å². The molecule has 0 aromatic carbocycles. The average Bonchev–Trinajstić information content (AvgIpc) is 2.89. The fourth-order valence-corrected chi connectivity index (χ4v) is 2.39. The summed E-state index contributed by atoms with van der Waals surface area (Å²) in [5.41, 5.74) is 0. The molecule has 0 bridgehead atoms. The monoisotopic (exact) mass is 275 g/mol. The molecule has 1 aliphatic rings. The predicted octanol–water partition coefficient (Wildman–Crippen LogP) is 2.46. The minimum absolute atomic E-state index is 0.823. The first kappa shape index (κ1) is 10.4. The molecule has 2 N–H and O–H groups in total. The third-order valence-corrected chi connectivity index (χ3v) is 3.63. The summed E-state index contributed by atoms with van der Waals surface area (Å²) < 4.78 is 0.918. The average molecular weight is 276 g/mol. The summed E-state index contributed by atoms with van der Waals surface area (Å²) in [4.78, 5) is 4.26. The molecule has 1 aromatic heterocycles. The highest BCUT2D eigenvalue weighted by Gasteiger charge is 2.19. The van der Waals surface area contributed by atoms with Crippen LogP contribution in [0.15, 0.2) is 9.98 Å². The Kier molecular flexibility index (Phi) is 3.78. The Hall–Kier alpha value is -0.130. The van der Waals surface area contributed by atoms with Gasteiger partial charge >= 0.3 is 0 Å². The zero-order chi connectivity index (χ0) is 9.80. The van der Waals surface area contributed by atoms with Gasteiger partial charge in [0.2, 0.25) is 0 Å². The van der Waals surface area contributed by atoms with Crippen LogP contribution >= 0.6 is 27.3 Å². The molecule has 2 rings (SSSR count). The highest BCUT2D eigenvalue weighted by Crippen LogP contribution is 2.19. The highest BCUT2D eigenvalue weighted by molar-refractivity contribution is 9.10. The maximum Gasteiger partial charge on any atom is 0.183 e. The Morgan fingerprint density at radius 1 is 1.50 bits per heavy atom. The Morgan fingerprint density at radius 2 is 2.36 bits per heavy atom. The number of rotatable bonds is 6. The Labute approximate surface area is 96.4 Å². The van der Waals surface area contributed by atoms with Gasteiger partial charge in [-0.25, -0.2) is 4.98 Å². The third-order valence-electron chi connectivity index (χ3n) is 2.12. The van der Waals surface area contributed by atoms with E-state index in [4.69, 9.17) is 0 Å². The number of nitrogens with one attached hydrogen (secondary N) is 2. The van der Waals surface area contributed by atoms with Gasteiger partial charge < -0.3 is 10.6 Å². The van der Waals surface area contributed by atoms with Gasteiger partial charge in [-0.2, -0.15) is 0 Å². The topological polar surface area (TPSA) is 37.0 Å². The second-order valence-electron chi connectivity index (χ2n) is 3.48. The van der Waals surface area contributed by atoms with Crippen molar-refractivity contribution in [3.05, 3.63) is 9.98 Å². The number of aromatic nitrogens is 1. The van der Waals surface area contributed by atoms with Crippen LogP contribution in [-0.4, -0.2) is 24.1 Å². The number of nitrogens with zero attached hydrogens (tertiary/aromatic N) is 1. The van der Waals surface area contributed by atoms with Crippen molar-refractivity contribution in [1.29, 1.82) is 0 Å². The van der Waals surface area contributed by atoms with Crippen LogP contribution in [0.5, 0.6) is 0 Å². The summed E-state index contributed by atoms with van der Waals surface area (Å²) in [6, 6.07) is 0.823. The Balaban J connectivity index is 1.53. The number of anilines is 1. The van der Waals surface area contributed by atoms with Gasteiger partial charge in [0.15, 0.2) is 5.13 Å². The lowest BCUT2D eigenvalue weighted by atomic mass is 10.4. The minimum atomic E-state index is 0.823. The molecule has 78 valence electrons. The summed E-state index contributed by atoms with van der Waals surface area (Å²) in [7, 11) is 0. The normalized spacial score (nSPS) is 15.8. The fraction of sp³-hybridized carbons (Fsp3) is 0.667. The molecule has 0 amide bonds. The molecule has 0 spiro atoms. The Morgan fingerprint density at radius 3 is 3.00 bits per heavy atom. The molecule has 3 nitrogen and oxygen atoms in total. The number of halogens is 1. The molecule has 1 heterocycles. The van der Waals surface area contributed by atoms with E-state index >= 15 is 0 Å². The van der Waals surface area contributed by atoms with Crippen molar-refractivity contribution in [2.24, 2.45) is 0 Å². The van der Waals surface area contributed by atoms with Crippen molar-refractivity contribution >= 4 is 32.4 Å². The lowest BCUT2D eigenvalue weighted by molar-refractivity contribution is 0.659. The molecular weight excluding hydrogens is 262 g/mol. The number of hydrogen-bond acceptors (Lipinski definition) is 4. The van der Waals surface area contributed by atoms with Gasteiger partial charge in [0.25, 0.3) is 0 Å². The van der Waals surface area contributed by atoms with Gasteiger partial charge in [-0.1, -0.05) is 0 Å². The van der Waals surface area contributed by atoms with E-state index in [0.29, 0.717) is 0 Å². The molecule has 0 radical (unpaired) electrons. The molecule has 1 fully saturated rings. The molecule has 5 heteroatoms. The molecule has 1 aromatic rings. The molecule has 0 aliphatic heterocycles. The largest absolute Gasteiger partial charge is 0.361 e. The standard InChI is InChI=1S/C9H14BrN3S/c10-8-6-14-9(13-8)12-5-1-4-11-7-2-3-7/h6-7,11H,1-5H2,(H,12,13). The van der Waals surface area contributed by atoms with Crippen LogP contribution in [0.4, 0.5) is 5.13 Å². The van der Waals surface area contributed by atoms with Crippen LogP contribution in [0.2, 0.25) is 0 Å². The molecule has 0 saturated heterocycles. The molecule has 1 saturated carbocycles. The maximum atomic E-state index is 4.26. The lowest BCUT2D eigenvalue weighted by Crippen LogP contribution is -2.19. The minimum Gasteiger partial charge on any atom is -0.361 e. The van der Waals surface area contributed by atoms with Crippen LogP contribution in [-0.2, 0) is 0 Å². The van der Waals surface area contributed by atoms with Gasteiger partial charge in [-0.05, 0) is 41.7 Å². The lowest BCUT2D eigenvalue weighted by Gasteiger charge is -2.03. The smallest absolute Gasteiger partial charge is 0.183 e. The predicted molar refractivity (Wildman–Crippen MR) is 63.9 cm³/mol. The van der Waals surface area contributed by atoms with Crippen molar-refractivity contribution in [2.75, 3.05) is 18.4 Å². The molecule has 14 heavy (non-hydrogen) atoms. The van der Waals surface area contributed by atoms with Crippen molar-refractivity contribution in [3.8, 4) is 0 Å². The zero-order valence-corrected chi connectivity index (χ0v) is 10.3. The van der Waals surface area contributed by atoms with Gasteiger partial charge in [-0.3, -0.25) is 0 Å². The quantitative estimate of drug-likeness (QED) is 0.784. The van der Waals surface area contributed by atoms with Crippen molar-refractivity contribution in [2.45, 2.75) is 25.3 Å². The first-order valence-electron chi connectivity index (χ1n) is 4.93. The maximum absolute atomic E-state index is 4.26. The summed E-state index contributed by atoms with van der Waals surface area (Å²) >= 11 is 4.97. The fourth-order valence-electron chi connectivity index (χ4n) is 1.21. The SMILES string of the molecule is Brc1csc(NCCCNC2CC2)n1. The second kappa shape index (κ2) is 5.09. The van der Waals surface area contributed by atoms with E-state index in [1.54, 1.807) is 11.3 Å². The molecule has 1 aliphatic carbocycles. The van der Waals surface area contributed by atoms with E-state index in [-0.39, 0.29) is 0 Å². The highest BCUT2D eigenvalue weighted by atomic mass is 79.9. The first-order valence-corrected chi connectivity index (χ1v) is 6.60. The van der Waals surface area contributed by atoms with E-state index in [2.05, 4.69) is 31.5 Å². The van der Waals surface area contributed by atoms with Gasteiger partial charge in [0.1, 0.15) is 4.60 Å². The van der Waals surface area contributed by atoms with Crippen molar-refractivity contribution in [1.82, 2.24) is 10.3 Å². The van der Waals surface area contributed by atoms with E-state index < -0.39 is 0 Å². The number of hydrogen-bond donors (Lipinski definition) is 2. The van der Waals surface area contributed by atoms with Crippen LogP contribution < -0.4 is 10.6 Å². The summed E-state index contributed by atoms with van der Waals surface area (Å²) in [5, 5.41) is 9.77. The van der Waals surface area contributed by atoms with Gasteiger partial charge in [-0.15, -0.1) is 11.3 Å². The third kappa shape index (κ3) is 3.55. The summed E-state index contributed by atoms with van der Waals surface area (Å²) in [6.45, 7) is 2.11. The van der Waals surface area contributed by atoms with E-state index in [0.717, 1.165) is 35.3 Å². The summed E-state index contributed by atoms with van der Waals surface area (Å²) in [5.74, 6) is 0. The van der Waals surface area contributed by atoms with Crippen LogP contribution in [0, 0.1) is 0 Å². The Bertz CT molecular complexity index is 285. The van der Waals surface area contributed by atoms with E-state index in [1.165, 1.54) is 12.8 Å². The van der Waals surface area contributed by atoms with Gasteiger partial charge in [0, 0.05) is 18.0 Å². The molecule has 0 unspecified atom stereocenters. The number of thiazole rings is 1. The van der Waals surface area contributed by atoms with Crippen molar-refractivity contribution < 1.29 is 0 Å². The van der Waals surface area contributed by atoms with Crippen LogP contribution in [0.25, 0.3) is 0 Å². The zero-order valence-electron chi connectivity index (χ0n) is 7.92. The van der Waals surface area contributed by atoms with Gasteiger partial charge in [0.05, 0.1) is 0 Å². The van der Waals surface area contributed by atoms with E-state index in [1.807, 2.05) is 5.38 Å². The first-order chi connectivity index (χ1) is 6.84. The molecule has 0 atom stereocenters.